The van der Waals surface area contributed by atoms with E-state index in [4.69, 9.17) is 0 Å². The Bertz CT molecular complexity index is 777. The molecule has 1 fully saturated rings. The third-order valence-electron chi connectivity index (χ3n) is 3.35. The minimum atomic E-state index is -3.61. The lowest BCUT2D eigenvalue weighted by molar-refractivity contribution is 0.581. The number of rotatable bonds is 4. The molecule has 7 heteroatoms. The van der Waals surface area contributed by atoms with Crippen LogP contribution in [0.3, 0.4) is 0 Å². The van der Waals surface area contributed by atoms with Gasteiger partial charge >= 0.3 is 4.87 Å². The first-order chi connectivity index (χ1) is 9.47. The van der Waals surface area contributed by atoms with Gasteiger partial charge in [-0.1, -0.05) is 41.7 Å². The highest BCUT2D eigenvalue weighted by Gasteiger charge is 2.41. The van der Waals surface area contributed by atoms with Crippen LogP contribution in [0, 0.1) is 6.92 Å². The maximum atomic E-state index is 12.2. The van der Waals surface area contributed by atoms with Crippen molar-refractivity contribution in [3.8, 4) is 0 Å². The van der Waals surface area contributed by atoms with Crippen LogP contribution in [0.2, 0.25) is 0 Å². The average molecular weight is 310 g/mol. The Morgan fingerprint density at radius 3 is 2.60 bits per heavy atom. The third kappa shape index (κ3) is 2.56. The molecule has 1 aliphatic carbocycles. The number of aromatic amines is 1. The molecule has 1 heterocycles. The lowest BCUT2D eigenvalue weighted by atomic mass is 10.1. The summed E-state index contributed by atoms with van der Waals surface area (Å²) in [6, 6.07) is 9.74. The third-order valence-corrected chi connectivity index (χ3v) is 6.44. The molecule has 20 heavy (non-hydrogen) atoms. The van der Waals surface area contributed by atoms with Gasteiger partial charge in [0.15, 0.2) is 4.21 Å². The lowest BCUT2D eigenvalue weighted by Crippen LogP contribution is -2.26. The van der Waals surface area contributed by atoms with Crippen LogP contribution in [0.4, 0.5) is 0 Å². The Hall–Kier alpha value is -1.44. The molecule has 1 saturated carbocycles. The highest BCUT2D eigenvalue weighted by molar-refractivity contribution is 7.91. The van der Waals surface area contributed by atoms with Crippen molar-refractivity contribution >= 4 is 21.4 Å². The monoisotopic (exact) mass is 310 g/mol. The van der Waals surface area contributed by atoms with Crippen LogP contribution in [0.25, 0.3) is 0 Å². The van der Waals surface area contributed by atoms with E-state index in [-0.39, 0.29) is 21.0 Å². The van der Waals surface area contributed by atoms with E-state index in [2.05, 4.69) is 9.71 Å². The number of aromatic nitrogens is 1. The molecule has 3 rings (SSSR count). The number of nitrogens with one attached hydrogen (secondary N) is 2. The molecular formula is C13H14N2O3S2. The van der Waals surface area contributed by atoms with Crippen molar-refractivity contribution in [1.82, 2.24) is 9.71 Å². The Labute approximate surface area is 120 Å². The van der Waals surface area contributed by atoms with Crippen LogP contribution in [0.5, 0.6) is 0 Å². The van der Waals surface area contributed by atoms with Crippen molar-refractivity contribution in [2.45, 2.75) is 29.5 Å². The molecule has 1 aromatic carbocycles. The standard InChI is InChI=1S/C13H14N2O3S2/c1-8-12(19-13(16)14-8)20(17,18)15-11-7-10(11)9-5-3-2-4-6-9/h2-6,10-11,15H,7H2,1H3,(H,14,16). The summed E-state index contributed by atoms with van der Waals surface area (Å²) in [5, 5.41) is 0. The van der Waals surface area contributed by atoms with Gasteiger partial charge < -0.3 is 4.98 Å². The summed E-state index contributed by atoms with van der Waals surface area (Å²) < 4.78 is 27.2. The number of H-pyrrole nitrogens is 1. The van der Waals surface area contributed by atoms with Gasteiger partial charge in [0.05, 0.1) is 0 Å². The average Bonchev–Trinajstić information content (AvgIpc) is 3.06. The van der Waals surface area contributed by atoms with E-state index in [0.717, 1.165) is 23.3 Å². The Morgan fingerprint density at radius 2 is 2.00 bits per heavy atom. The predicted molar refractivity (Wildman–Crippen MR) is 77.6 cm³/mol. The maximum absolute atomic E-state index is 12.2. The zero-order valence-corrected chi connectivity index (χ0v) is 12.4. The fourth-order valence-corrected chi connectivity index (χ4v) is 4.90. The highest BCUT2D eigenvalue weighted by atomic mass is 32.2. The van der Waals surface area contributed by atoms with Crippen LogP contribution >= 0.6 is 11.3 Å². The molecule has 2 unspecified atom stereocenters. The predicted octanol–water partition coefficient (Wildman–Crippen LogP) is 1.58. The van der Waals surface area contributed by atoms with Gasteiger partial charge in [0, 0.05) is 17.7 Å². The second-order valence-electron chi connectivity index (χ2n) is 4.91. The summed E-state index contributed by atoms with van der Waals surface area (Å²) in [7, 11) is -3.61. The van der Waals surface area contributed by atoms with Gasteiger partial charge in [-0.05, 0) is 18.9 Å². The molecule has 0 saturated heterocycles. The van der Waals surface area contributed by atoms with Gasteiger partial charge in [-0.2, -0.15) is 0 Å². The smallest absolute Gasteiger partial charge is 0.305 e. The van der Waals surface area contributed by atoms with Crippen molar-refractivity contribution in [3.05, 3.63) is 51.3 Å². The van der Waals surface area contributed by atoms with E-state index in [9.17, 15) is 13.2 Å². The first-order valence-electron chi connectivity index (χ1n) is 6.24. The maximum Gasteiger partial charge on any atom is 0.305 e. The van der Waals surface area contributed by atoms with E-state index in [1.54, 1.807) is 6.92 Å². The van der Waals surface area contributed by atoms with Crippen molar-refractivity contribution in [2.75, 3.05) is 0 Å². The Kier molecular flexibility index (Phi) is 3.27. The fraction of sp³-hybridized carbons (Fsp3) is 0.308. The summed E-state index contributed by atoms with van der Waals surface area (Å²) >= 11 is 0.727. The normalized spacial score (nSPS) is 21.9. The first-order valence-corrected chi connectivity index (χ1v) is 8.54. The SMILES string of the molecule is Cc1[nH]c(=O)sc1S(=O)(=O)NC1CC1c1ccccc1. The van der Waals surface area contributed by atoms with E-state index in [1.165, 1.54) is 0 Å². The van der Waals surface area contributed by atoms with Crippen molar-refractivity contribution in [2.24, 2.45) is 0 Å². The van der Waals surface area contributed by atoms with E-state index in [1.807, 2.05) is 30.3 Å². The molecule has 0 aliphatic heterocycles. The van der Waals surface area contributed by atoms with Gasteiger partial charge in [0.2, 0.25) is 0 Å². The molecule has 0 amide bonds. The molecule has 1 aromatic heterocycles. The van der Waals surface area contributed by atoms with Crippen LogP contribution in [-0.4, -0.2) is 19.4 Å². The summed E-state index contributed by atoms with van der Waals surface area (Å²) in [5.74, 6) is 0.224. The second kappa shape index (κ2) is 4.83. The van der Waals surface area contributed by atoms with Crippen molar-refractivity contribution < 1.29 is 8.42 Å². The number of benzene rings is 1. The highest BCUT2D eigenvalue weighted by Crippen LogP contribution is 2.41. The topological polar surface area (TPSA) is 79.0 Å². The molecule has 0 bridgehead atoms. The van der Waals surface area contributed by atoms with Crippen molar-refractivity contribution in [3.63, 3.8) is 0 Å². The van der Waals surface area contributed by atoms with Gasteiger partial charge in [-0.15, -0.1) is 0 Å². The van der Waals surface area contributed by atoms with E-state index in [0.29, 0.717) is 5.69 Å². The number of aryl methyl sites for hydroxylation is 1. The Morgan fingerprint density at radius 1 is 1.30 bits per heavy atom. The number of sulfonamides is 1. The first kappa shape index (κ1) is 13.5. The summed E-state index contributed by atoms with van der Waals surface area (Å²) in [6.07, 6.45) is 0.793. The van der Waals surface area contributed by atoms with Crippen LogP contribution in [0.1, 0.15) is 23.6 Å². The largest absolute Gasteiger partial charge is 0.315 e. The number of thiazole rings is 1. The van der Waals surface area contributed by atoms with Crippen LogP contribution < -0.4 is 9.60 Å². The van der Waals surface area contributed by atoms with Gasteiger partial charge in [0.25, 0.3) is 10.0 Å². The molecule has 2 N–H and O–H groups in total. The number of hydrogen-bond acceptors (Lipinski definition) is 4. The van der Waals surface area contributed by atoms with Crippen LogP contribution in [-0.2, 0) is 10.0 Å². The molecule has 106 valence electrons. The van der Waals surface area contributed by atoms with Crippen molar-refractivity contribution in [1.29, 1.82) is 0 Å². The quantitative estimate of drug-likeness (QED) is 0.900. The Balaban J connectivity index is 1.77. The number of hydrogen-bond donors (Lipinski definition) is 2. The van der Waals surface area contributed by atoms with Gasteiger partial charge in [-0.25, -0.2) is 13.1 Å². The second-order valence-corrected chi connectivity index (χ2v) is 7.80. The fourth-order valence-electron chi connectivity index (χ4n) is 2.29. The van der Waals surface area contributed by atoms with E-state index >= 15 is 0 Å². The molecule has 5 nitrogen and oxygen atoms in total. The molecule has 2 aromatic rings. The summed E-state index contributed by atoms with van der Waals surface area (Å²) in [6.45, 7) is 1.59. The summed E-state index contributed by atoms with van der Waals surface area (Å²) in [5.41, 5.74) is 1.53. The molecule has 1 aliphatic rings. The lowest BCUT2D eigenvalue weighted by Gasteiger charge is -2.05. The molecule has 0 radical (unpaired) electrons. The van der Waals surface area contributed by atoms with Gasteiger partial charge in [-0.3, -0.25) is 4.79 Å². The minimum absolute atomic E-state index is 0.0843. The molecule has 0 spiro atoms. The zero-order chi connectivity index (χ0) is 14.3. The molecule has 2 atom stereocenters. The minimum Gasteiger partial charge on any atom is -0.315 e. The van der Waals surface area contributed by atoms with E-state index < -0.39 is 10.0 Å². The zero-order valence-electron chi connectivity index (χ0n) is 10.8. The van der Waals surface area contributed by atoms with Crippen LogP contribution in [0.15, 0.2) is 39.3 Å². The summed E-state index contributed by atoms with van der Waals surface area (Å²) in [4.78, 5) is 13.4. The van der Waals surface area contributed by atoms with Gasteiger partial charge in [0.1, 0.15) is 0 Å². The molecular weight excluding hydrogens is 296 g/mol.